The maximum Gasteiger partial charge on any atom is 0.191 e. The van der Waals surface area contributed by atoms with Gasteiger partial charge in [0.2, 0.25) is 0 Å². The first-order valence-corrected chi connectivity index (χ1v) is 7.89. The van der Waals surface area contributed by atoms with E-state index in [1.165, 1.54) is 32.2 Å². The van der Waals surface area contributed by atoms with Gasteiger partial charge in [-0.15, -0.1) is 24.0 Å². The summed E-state index contributed by atoms with van der Waals surface area (Å²) in [6.07, 6.45) is 5.20. The Morgan fingerprint density at radius 1 is 1.30 bits per heavy atom. The van der Waals surface area contributed by atoms with E-state index in [0.29, 0.717) is 6.04 Å². The Hall–Kier alpha value is -0.0400. The Labute approximate surface area is 142 Å². The van der Waals surface area contributed by atoms with Gasteiger partial charge in [0, 0.05) is 19.6 Å². The quantitative estimate of drug-likeness (QED) is 0.358. The number of guanidine groups is 1. The highest BCUT2D eigenvalue weighted by atomic mass is 127. The Morgan fingerprint density at radius 3 is 2.45 bits per heavy atom. The molecular weight excluding hydrogens is 363 g/mol. The maximum absolute atomic E-state index is 4.29. The van der Waals surface area contributed by atoms with Crippen molar-refractivity contribution in [2.24, 2.45) is 10.9 Å². The molecule has 0 heterocycles. The van der Waals surface area contributed by atoms with Crippen molar-refractivity contribution in [1.82, 2.24) is 15.5 Å². The summed E-state index contributed by atoms with van der Waals surface area (Å²) in [5.41, 5.74) is 0. The lowest BCUT2D eigenvalue weighted by molar-refractivity contribution is 0.292. The zero-order valence-corrected chi connectivity index (χ0v) is 15.9. The molecule has 1 unspecified atom stereocenters. The highest BCUT2D eigenvalue weighted by Crippen LogP contribution is 2.27. The number of aliphatic imine (C=N–C) groups is 1. The molecule has 1 rings (SSSR count). The number of rotatable bonds is 9. The molecule has 0 aromatic rings. The molecule has 0 spiro atoms. The molecule has 2 N–H and O–H groups in total. The van der Waals surface area contributed by atoms with Gasteiger partial charge in [-0.2, -0.15) is 0 Å². The van der Waals surface area contributed by atoms with E-state index in [9.17, 15) is 0 Å². The molecule has 0 amide bonds. The summed E-state index contributed by atoms with van der Waals surface area (Å²) in [5, 5.41) is 6.89. The zero-order chi connectivity index (χ0) is 14.1. The molecule has 5 heteroatoms. The lowest BCUT2D eigenvalue weighted by atomic mass is 10.2. The Morgan fingerprint density at radius 2 is 1.95 bits per heavy atom. The highest BCUT2D eigenvalue weighted by Gasteiger charge is 2.21. The Bertz CT molecular complexity index is 263. The van der Waals surface area contributed by atoms with Crippen LogP contribution >= 0.6 is 24.0 Å². The van der Waals surface area contributed by atoms with E-state index >= 15 is 0 Å². The van der Waals surface area contributed by atoms with Gasteiger partial charge in [0.25, 0.3) is 0 Å². The summed E-state index contributed by atoms with van der Waals surface area (Å²) in [6, 6.07) is 0.487. The highest BCUT2D eigenvalue weighted by molar-refractivity contribution is 14.0. The summed E-state index contributed by atoms with van der Waals surface area (Å²) in [6.45, 7) is 11.3. The predicted octanol–water partition coefficient (Wildman–Crippen LogP) is 2.69. The molecule has 1 fully saturated rings. The SMILES string of the molecule is CCN(CC)CCCC(C)NC(=NC)NCC1CC1.I. The van der Waals surface area contributed by atoms with Gasteiger partial charge in [-0.1, -0.05) is 13.8 Å². The third kappa shape index (κ3) is 9.00. The van der Waals surface area contributed by atoms with E-state index < -0.39 is 0 Å². The first kappa shape index (κ1) is 20.0. The van der Waals surface area contributed by atoms with Crippen LogP contribution in [0.3, 0.4) is 0 Å². The first-order valence-electron chi connectivity index (χ1n) is 7.89. The Kier molecular flexibility index (Phi) is 11.6. The fourth-order valence-electron chi connectivity index (χ4n) is 2.22. The second kappa shape index (κ2) is 11.6. The van der Waals surface area contributed by atoms with Gasteiger partial charge in [0.15, 0.2) is 5.96 Å². The van der Waals surface area contributed by atoms with Crippen molar-refractivity contribution in [3.8, 4) is 0 Å². The molecule has 0 radical (unpaired) electrons. The van der Waals surface area contributed by atoms with E-state index in [2.05, 4.69) is 41.3 Å². The monoisotopic (exact) mass is 396 g/mol. The van der Waals surface area contributed by atoms with Crippen molar-refractivity contribution in [3.63, 3.8) is 0 Å². The van der Waals surface area contributed by atoms with Crippen LogP contribution in [0.5, 0.6) is 0 Å². The lowest BCUT2D eigenvalue weighted by Crippen LogP contribution is -2.43. The van der Waals surface area contributed by atoms with Gasteiger partial charge in [-0.05, 0) is 58.2 Å². The summed E-state index contributed by atoms with van der Waals surface area (Å²) < 4.78 is 0. The second-order valence-corrected chi connectivity index (χ2v) is 5.61. The molecule has 1 aliphatic rings. The average molecular weight is 396 g/mol. The first-order chi connectivity index (χ1) is 9.19. The maximum atomic E-state index is 4.29. The molecule has 0 aliphatic heterocycles. The van der Waals surface area contributed by atoms with E-state index in [-0.39, 0.29) is 24.0 Å². The van der Waals surface area contributed by atoms with Gasteiger partial charge in [-0.3, -0.25) is 4.99 Å². The molecule has 4 nitrogen and oxygen atoms in total. The van der Waals surface area contributed by atoms with E-state index in [1.54, 1.807) is 0 Å². The van der Waals surface area contributed by atoms with Crippen LogP contribution < -0.4 is 10.6 Å². The molecule has 0 aromatic heterocycles. The second-order valence-electron chi connectivity index (χ2n) is 5.61. The predicted molar refractivity (Wildman–Crippen MR) is 99.1 cm³/mol. The van der Waals surface area contributed by atoms with Crippen LogP contribution in [0.25, 0.3) is 0 Å². The largest absolute Gasteiger partial charge is 0.356 e. The molecule has 1 aliphatic carbocycles. The molecule has 0 bridgehead atoms. The molecule has 1 saturated carbocycles. The van der Waals surface area contributed by atoms with Crippen LogP contribution in [-0.4, -0.2) is 50.1 Å². The van der Waals surface area contributed by atoms with E-state index in [0.717, 1.165) is 31.5 Å². The number of nitrogens with one attached hydrogen (secondary N) is 2. The normalized spacial score (nSPS) is 16.8. The minimum absolute atomic E-state index is 0. The van der Waals surface area contributed by atoms with Crippen molar-refractivity contribution < 1.29 is 0 Å². The molecule has 120 valence electrons. The van der Waals surface area contributed by atoms with Crippen molar-refractivity contribution in [2.45, 2.75) is 52.5 Å². The van der Waals surface area contributed by atoms with Gasteiger partial charge in [-0.25, -0.2) is 0 Å². The van der Waals surface area contributed by atoms with E-state index in [4.69, 9.17) is 0 Å². The van der Waals surface area contributed by atoms with Crippen LogP contribution in [0.15, 0.2) is 4.99 Å². The van der Waals surface area contributed by atoms with Crippen molar-refractivity contribution >= 4 is 29.9 Å². The fraction of sp³-hybridized carbons (Fsp3) is 0.933. The van der Waals surface area contributed by atoms with Gasteiger partial charge in [0.05, 0.1) is 0 Å². The average Bonchev–Trinajstić information content (AvgIpc) is 3.23. The van der Waals surface area contributed by atoms with Crippen LogP contribution in [-0.2, 0) is 0 Å². The van der Waals surface area contributed by atoms with E-state index in [1.807, 2.05) is 7.05 Å². The van der Waals surface area contributed by atoms with Crippen molar-refractivity contribution in [2.75, 3.05) is 33.2 Å². The molecular formula is C15H33IN4. The summed E-state index contributed by atoms with van der Waals surface area (Å²) in [7, 11) is 1.85. The lowest BCUT2D eigenvalue weighted by Gasteiger charge is -2.21. The van der Waals surface area contributed by atoms with Crippen LogP contribution in [0.1, 0.15) is 46.5 Å². The van der Waals surface area contributed by atoms with Gasteiger partial charge in [0.1, 0.15) is 0 Å². The summed E-state index contributed by atoms with van der Waals surface area (Å²) in [5.74, 6) is 1.85. The molecule has 0 aromatic carbocycles. The standard InChI is InChI=1S/C15H32N4.HI/c1-5-19(6-2)11-7-8-13(3)18-15(16-4)17-12-14-9-10-14;/h13-14H,5-12H2,1-4H3,(H2,16,17,18);1H. The van der Waals surface area contributed by atoms with Crippen LogP contribution in [0.2, 0.25) is 0 Å². The topological polar surface area (TPSA) is 39.7 Å². The van der Waals surface area contributed by atoms with Crippen LogP contribution in [0, 0.1) is 5.92 Å². The van der Waals surface area contributed by atoms with Crippen molar-refractivity contribution in [1.29, 1.82) is 0 Å². The third-order valence-corrected chi connectivity index (χ3v) is 3.87. The smallest absolute Gasteiger partial charge is 0.191 e. The minimum atomic E-state index is 0. The number of hydrogen-bond donors (Lipinski definition) is 2. The fourth-order valence-corrected chi connectivity index (χ4v) is 2.22. The number of hydrogen-bond acceptors (Lipinski definition) is 2. The number of halogens is 1. The van der Waals surface area contributed by atoms with Crippen LogP contribution in [0.4, 0.5) is 0 Å². The summed E-state index contributed by atoms with van der Waals surface area (Å²) >= 11 is 0. The zero-order valence-electron chi connectivity index (χ0n) is 13.6. The molecule has 0 saturated heterocycles. The molecule has 1 atom stereocenters. The minimum Gasteiger partial charge on any atom is -0.356 e. The number of nitrogens with zero attached hydrogens (tertiary/aromatic N) is 2. The van der Waals surface area contributed by atoms with Gasteiger partial charge >= 0.3 is 0 Å². The molecule has 20 heavy (non-hydrogen) atoms. The third-order valence-electron chi connectivity index (χ3n) is 3.87. The van der Waals surface area contributed by atoms with Crippen molar-refractivity contribution in [3.05, 3.63) is 0 Å². The Balaban J connectivity index is 0.00000361. The summed E-state index contributed by atoms with van der Waals surface area (Å²) in [4.78, 5) is 6.77. The van der Waals surface area contributed by atoms with Gasteiger partial charge < -0.3 is 15.5 Å².